The SMILES string of the molecule is CCc1ccccc1NC(=O)CN(c1cccc(Cl)c1)S(=O)(=O)c1ccccc1. The molecule has 0 atom stereocenters. The predicted octanol–water partition coefficient (Wildman–Crippen LogP) is 4.74. The van der Waals surface area contributed by atoms with E-state index in [2.05, 4.69) is 5.32 Å². The van der Waals surface area contributed by atoms with Gasteiger partial charge in [0.05, 0.1) is 10.6 Å². The Morgan fingerprint density at radius 3 is 2.34 bits per heavy atom. The molecule has 0 saturated heterocycles. The number of hydrogen-bond acceptors (Lipinski definition) is 3. The first-order valence-corrected chi connectivity index (χ1v) is 10.9. The highest BCUT2D eigenvalue weighted by Gasteiger charge is 2.27. The first kappa shape index (κ1) is 20.9. The number of carbonyl (C=O) groups is 1. The van der Waals surface area contributed by atoms with Crippen LogP contribution in [0, 0.1) is 0 Å². The number of anilines is 2. The molecule has 7 heteroatoms. The predicted molar refractivity (Wildman–Crippen MR) is 117 cm³/mol. The van der Waals surface area contributed by atoms with E-state index in [1.54, 1.807) is 42.5 Å². The van der Waals surface area contributed by atoms with Crippen molar-refractivity contribution >= 4 is 38.9 Å². The van der Waals surface area contributed by atoms with Gasteiger partial charge in [0.1, 0.15) is 6.54 Å². The lowest BCUT2D eigenvalue weighted by atomic mass is 10.1. The summed E-state index contributed by atoms with van der Waals surface area (Å²) in [5.41, 5.74) is 1.96. The number of aryl methyl sites for hydroxylation is 1. The maximum atomic E-state index is 13.3. The van der Waals surface area contributed by atoms with Gasteiger partial charge in [0.15, 0.2) is 0 Å². The summed E-state index contributed by atoms with van der Waals surface area (Å²) < 4.78 is 27.6. The number of nitrogens with zero attached hydrogens (tertiary/aromatic N) is 1. The van der Waals surface area contributed by atoms with Crippen molar-refractivity contribution in [1.82, 2.24) is 0 Å². The lowest BCUT2D eigenvalue weighted by Gasteiger charge is -2.24. The number of sulfonamides is 1. The summed E-state index contributed by atoms with van der Waals surface area (Å²) in [6.45, 7) is 1.61. The Hall–Kier alpha value is -2.83. The molecule has 150 valence electrons. The monoisotopic (exact) mass is 428 g/mol. The van der Waals surface area contributed by atoms with Gasteiger partial charge in [-0.3, -0.25) is 9.10 Å². The molecule has 0 aliphatic rings. The average molecular weight is 429 g/mol. The summed E-state index contributed by atoms with van der Waals surface area (Å²) in [6, 6.07) is 21.9. The molecule has 1 amide bonds. The van der Waals surface area contributed by atoms with E-state index in [0.717, 1.165) is 16.3 Å². The summed E-state index contributed by atoms with van der Waals surface area (Å²) in [4.78, 5) is 12.9. The zero-order valence-electron chi connectivity index (χ0n) is 15.9. The second kappa shape index (κ2) is 9.11. The van der Waals surface area contributed by atoms with Crippen LogP contribution in [0.1, 0.15) is 12.5 Å². The summed E-state index contributed by atoms with van der Waals surface area (Å²) in [6.07, 6.45) is 0.747. The molecule has 0 unspecified atom stereocenters. The van der Waals surface area contributed by atoms with E-state index in [1.807, 2.05) is 25.1 Å². The molecule has 0 bridgehead atoms. The highest BCUT2D eigenvalue weighted by molar-refractivity contribution is 7.92. The zero-order chi connectivity index (χ0) is 20.9. The highest BCUT2D eigenvalue weighted by Crippen LogP contribution is 2.26. The van der Waals surface area contributed by atoms with Gasteiger partial charge >= 0.3 is 0 Å². The molecule has 29 heavy (non-hydrogen) atoms. The summed E-state index contributed by atoms with van der Waals surface area (Å²) in [7, 11) is -3.96. The molecule has 0 heterocycles. The Labute approximate surface area is 176 Å². The van der Waals surface area contributed by atoms with Crippen molar-refractivity contribution in [2.24, 2.45) is 0 Å². The minimum Gasteiger partial charge on any atom is -0.324 e. The number of halogens is 1. The first-order chi connectivity index (χ1) is 13.9. The smallest absolute Gasteiger partial charge is 0.264 e. The van der Waals surface area contributed by atoms with Gasteiger partial charge in [-0.1, -0.05) is 61.0 Å². The number of para-hydroxylation sites is 1. The van der Waals surface area contributed by atoms with Crippen LogP contribution < -0.4 is 9.62 Å². The van der Waals surface area contributed by atoms with E-state index < -0.39 is 15.9 Å². The van der Waals surface area contributed by atoms with Crippen LogP contribution in [0.2, 0.25) is 5.02 Å². The van der Waals surface area contributed by atoms with Gasteiger partial charge in [0.2, 0.25) is 5.91 Å². The molecule has 0 aliphatic carbocycles. The molecule has 0 aliphatic heterocycles. The van der Waals surface area contributed by atoms with Crippen molar-refractivity contribution in [2.45, 2.75) is 18.2 Å². The molecule has 0 radical (unpaired) electrons. The summed E-state index contributed by atoms with van der Waals surface area (Å²) >= 11 is 6.07. The standard InChI is InChI=1S/C22H21ClN2O3S/c1-2-17-9-6-7-14-21(17)24-22(26)16-25(19-11-8-10-18(23)15-19)29(27,28)20-12-4-3-5-13-20/h3-15H,2,16H2,1H3,(H,24,26). The zero-order valence-corrected chi connectivity index (χ0v) is 17.5. The second-order valence-electron chi connectivity index (χ2n) is 6.36. The van der Waals surface area contributed by atoms with Crippen molar-refractivity contribution in [1.29, 1.82) is 0 Å². The Bertz CT molecular complexity index is 1100. The van der Waals surface area contributed by atoms with Crippen LogP contribution in [0.15, 0.2) is 83.8 Å². The molecule has 3 aromatic rings. The molecule has 0 aromatic heterocycles. The van der Waals surface area contributed by atoms with Crippen LogP contribution in [-0.2, 0) is 21.2 Å². The van der Waals surface area contributed by atoms with Gasteiger partial charge in [0, 0.05) is 10.7 Å². The third kappa shape index (κ3) is 4.96. The van der Waals surface area contributed by atoms with E-state index >= 15 is 0 Å². The van der Waals surface area contributed by atoms with Gasteiger partial charge < -0.3 is 5.32 Å². The van der Waals surface area contributed by atoms with Crippen molar-refractivity contribution in [3.8, 4) is 0 Å². The Morgan fingerprint density at radius 1 is 0.966 bits per heavy atom. The van der Waals surface area contributed by atoms with E-state index in [9.17, 15) is 13.2 Å². The summed E-state index contributed by atoms with van der Waals surface area (Å²) in [5.74, 6) is -0.439. The van der Waals surface area contributed by atoms with Crippen molar-refractivity contribution < 1.29 is 13.2 Å². The van der Waals surface area contributed by atoms with Crippen LogP contribution in [0.4, 0.5) is 11.4 Å². The van der Waals surface area contributed by atoms with Crippen LogP contribution in [0.3, 0.4) is 0 Å². The van der Waals surface area contributed by atoms with E-state index in [1.165, 1.54) is 18.2 Å². The van der Waals surface area contributed by atoms with Gasteiger partial charge in [-0.05, 0) is 48.4 Å². The normalized spacial score (nSPS) is 11.1. The molecule has 1 N–H and O–H groups in total. The van der Waals surface area contributed by atoms with Crippen LogP contribution in [0.25, 0.3) is 0 Å². The maximum absolute atomic E-state index is 13.3. The number of nitrogens with one attached hydrogen (secondary N) is 1. The fraction of sp³-hybridized carbons (Fsp3) is 0.136. The molecule has 0 spiro atoms. The second-order valence-corrected chi connectivity index (χ2v) is 8.66. The minimum atomic E-state index is -3.96. The van der Waals surface area contributed by atoms with Crippen LogP contribution in [-0.4, -0.2) is 20.9 Å². The molecule has 3 aromatic carbocycles. The van der Waals surface area contributed by atoms with E-state index in [0.29, 0.717) is 16.4 Å². The first-order valence-electron chi connectivity index (χ1n) is 9.13. The molecule has 3 rings (SSSR count). The quantitative estimate of drug-likeness (QED) is 0.591. The van der Waals surface area contributed by atoms with Crippen LogP contribution >= 0.6 is 11.6 Å². The molecular weight excluding hydrogens is 408 g/mol. The highest BCUT2D eigenvalue weighted by atomic mass is 35.5. The number of carbonyl (C=O) groups excluding carboxylic acids is 1. The minimum absolute atomic E-state index is 0.0988. The lowest BCUT2D eigenvalue weighted by Crippen LogP contribution is -2.38. The number of amides is 1. The molecule has 0 fully saturated rings. The fourth-order valence-corrected chi connectivity index (χ4v) is 4.56. The maximum Gasteiger partial charge on any atom is 0.264 e. The Morgan fingerprint density at radius 2 is 1.66 bits per heavy atom. The largest absolute Gasteiger partial charge is 0.324 e. The lowest BCUT2D eigenvalue weighted by molar-refractivity contribution is -0.114. The van der Waals surface area contributed by atoms with Crippen molar-refractivity contribution in [3.05, 3.63) is 89.4 Å². The molecule has 0 saturated carbocycles. The molecular formula is C22H21ClN2O3S. The Balaban J connectivity index is 1.95. The third-order valence-corrected chi connectivity index (χ3v) is 6.41. The average Bonchev–Trinajstić information content (AvgIpc) is 2.73. The van der Waals surface area contributed by atoms with E-state index in [-0.39, 0.29) is 11.4 Å². The van der Waals surface area contributed by atoms with Gasteiger partial charge in [-0.2, -0.15) is 0 Å². The van der Waals surface area contributed by atoms with Crippen LogP contribution in [0.5, 0.6) is 0 Å². The fourth-order valence-electron chi connectivity index (χ4n) is 2.94. The number of rotatable bonds is 7. The van der Waals surface area contributed by atoms with Crippen molar-refractivity contribution in [3.63, 3.8) is 0 Å². The summed E-state index contributed by atoms with van der Waals surface area (Å²) in [5, 5.41) is 3.20. The van der Waals surface area contributed by atoms with E-state index in [4.69, 9.17) is 11.6 Å². The van der Waals surface area contributed by atoms with Gasteiger partial charge in [-0.25, -0.2) is 8.42 Å². The van der Waals surface area contributed by atoms with Crippen molar-refractivity contribution in [2.75, 3.05) is 16.2 Å². The third-order valence-electron chi connectivity index (χ3n) is 4.39. The van der Waals surface area contributed by atoms with Gasteiger partial charge in [-0.15, -0.1) is 0 Å². The number of benzene rings is 3. The topological polar surface area (TPSA) is 66.5 Å². The van der Waals surface area contributed by atoms with Gasteiger partial charge in [0.25, 0.3) is 10.0 Å². The molecule has 5 nitrogen and oxygen atoms in total. The number of hydrogen-bond donors (Lipinski definition) is 1. The Kier molecular flexibility index (Phi) is 6.56.